The van der Waals surface area contributed by atoms with Gasteiger partial charge in [-0.3, -0.25) is 0 Å². The van der Waals surface area contributed by atoms with E-state index in [1.165, 1.54) is 0 Å². The van der Waals surface area contributed by atoms with Gasteiger partial charge in [0, 0.05) is 5.57 Å². The molecule has 0 aromatic rings. The second kappa shape index (κ2) is 5.57. The maximum atomic E-state index is 13.2. The highest BCUT2D eigenvalue weighted by Crippen LogP contribution is 2.21. The molecule has 1 atom stereocenters. The van der Waals surface area contributed by atoms with Gasteiger partial charge in [0.15, 0.2) is 11.7 Å². The van der Waals surface area contributed by atoms with Crippen molar-refractivity contribution in [3.63, 3.8) is 0 Å². The first kappa shape index (κ1) is 12.6. The molecule has 0 aromatic carbocycles. The Morgan fingerprint density at radius 3 is 2.81 bits per heavy atom. The van der Waals surface area contributed by atoms with Gasteiger partial charge in [-0.05, 0) is 38.0 Å². The van der Waals surface area contributed by atoms with E-state index >= 15 is 0 Å². The predicted molar refractivity (Wildman–Crippen MR) is 56.7 cm³/mol. The van der Waals surface area contributed by atoms with Gasteiger partial charge < -0.3 is 4.74 Å². The Hall–Kier alpha value is -1.47. The van der Waals surface area contributed by atoms with Crippen LogP contribution in [0.1, 0.15) is 20.3 Å². The highest BCUT2D eigenvalue weighted by atomic mass is 19.2. The second-order valence-corrected chi connectivity index (χ2v) is 3.63. The van der Waals surface area contributed by atoms with Crippen LogP contribution in [0.25, 0.3) is 0 Å². The van der Waals surface area contributed by atoms with Crippen LogP contribution in [0.15, 0.2) is 35.0 Å². The van der Waals surface area contributed by atoms with Crippen molar-refractivity contribution in [3.05, 3.63) is 35.0 Å². The van der Waals surface area contributed by atoms with Crippen molar-refractivity contribution in [2.75, 3.05) is 6.61 Å². The normalized spacial score (nSPS) is 32.1. The van der Waals surface area contributed by atoms with Crippen LogP contribution < -0.4 is 0 Å². The molecule has 0 saturated carbocycles. The number of allylic oxidation sites excluding steroid dienone is 4. The van der Waals surface area contributed by atoms with Crippen LogP contribution in [0.2, 0.25) is 0 Å². The zero-order chi connectivity index (χ0) is 12.1. The van der Waals surface area contributed by atoms with Gasteiger partial charge in [-0.2, -0.15) is 5.26 Å². The van der Waals surface area contributed by atoms with E-state index in [4.69, 9.17) is 10.00 Å². The van der Waals surface area contributed by atoms with Crippen LogP contribution in [-0.4, -0.2) is 12.7 Å². The number of halogens is 2. The molecular formula is C12H13F2NO. The summed E-state index contributed by atoms with van der Waals surface area (Å²) >= 11 is 0. The molecule has 1 unspecified atom stereocenters. The molecule has 1 rings (SSSR count). The molecule has 0 N–H and O–H groups in total. The minimum Gasteiger partial charge on any atom is -0.370 e. The molecule has 0 bridgehead atoms. The monoisotopic (exact) mass is 225 g/mol. The average molecular weight is 225 g/mol. The van der Waals surface area contributed by atoms with E-state index in [0.717, 1.165) is 12.2 Å². The standard InChI is InChI=1S/C12H13F2NO/c1-8(6-15)10-3-4-11(13)12(14)5-9(2)16-7-10/h4-5,9H,3,7H2,1-2H3/b10-8-,11-4+,12-5+. The third kappa shape index (κ3) is 3.28. The van der Waals surface area contributed by atoms with E-state index in [1.54, 1.807) is 13.8 Å². The van der Waals surface area contributed by atoms with Crippen LogP contribution in [0.3, 0.4) is 0 Å². The molecule has 16 heavy (non-hydrogen) atoms. The molecule has 1 heterocycles. The van der Waals surface area contributed by atoms with Crippen molar-refractivity contribution in [2.24, 2.45) is 0 Å². The molecule has 0 amide bonds. The Morgan fingerprint density at radius 1 is 1.50 bits per heavy atom. The summed E-state index contributed by atoms with van der Waals surface area (Å²) < 4.78 is 31.6. The van der Waals surface area contributed by atoms with Crippen molar-refractivity contribution in [1.82, 2.24) is 0 Å². The topological polar surface area (TPSA) is 33.0 Å². The van der Waals surface area contributed by atoms with Gasteiger partial charge in [0.05, 0.1) is 18.8 Å². The zero-order valence-electron chi connectivity index (χ0n) is 9.26. The van der Waals surface area contributed by atoms with Crippen molar-refractivity contribution in [1.29, 1.82) is 5.26 Å². The molecule has 0 radical (unpaired) electrons. The summed E-state index contributed by atoms with van der Waals surface area (Å²) in [5, 5.41) is 8.74. The van der Waals surface area contributed by atoms with Crippen LogP contribution >= 0.6 is 0 Å². The zero-order valence-corrected chi connectivity index (χ0v) is 9.26. The minimum absolute atomic E-state index is 0.194. The number of nitrogens with zero attached hydrogens (tertiary/aromatic N) is 1. The number of nitriles is 1. The Labute approximate surface area is 93.5 Å². The number of rotatable bonds is 0. The lowest BCUT2D eigenvalue weighted by Crippen LogP contribution is -2.08. The largest absolute Gasteiger partial charge is 0.370 e. The summed E-state index contributed by atoms with van der Waals surface area (Å²) in [5.41, 5.74) is 1.16. The summed E-state index contributed by atoms with van der Waals surface area (Å²) in [6.45, 7) is 3.47. The van der Waals surface area contributed by atoms with Crippen molar-refractivity contribution in [3.8, 4) is 6.07 Å². The fraction of sp³-hybridized carbons (Fsp3) is 0.417. The lowest BCUT2D eigenvalue weighted by atomic mass is 10.1. The SMILES string of the molecule is C/C(C#N)=C1\C/C=C(F)\C(F)=C/C(C)OC1. The second-order valence-electron chi connectivity index (χ2n) is 3.63. The van der Waals surface area contributed by atoms with Crippen molar-refractivity contribution in [2.45, 2.75) is 26.4 Å². The van der Waals surface area contributed by atoms with E-state index in [9.17, 15) is 8.78 Å². The third-order valence-electron chi connectivity index (χ3n) is 2.36. The van der Waals surface area contributed by atoms with E-state index in [1.807, 2.05) is 6.07 Å². The summed E-state index contributed by atoms with van der Waals surface area (Å²) in [5.74, 6) is -1.82. The summed E-state index contributed by atoms with van der Waals surface area (Å²) in [6.07, 6.45) is 1.89. The van der Waals surface area contributed by atoms with Gasteiger partial charge in [-0.25, -0.2) is 8.78 Å². The first-order chi connectivity index (χ1) is 7.54. The van der Waals surface area contributed by atoms with E-state index in [2.05, 4.69) is 0 Å². The molecule has 0 fully saturated rings. The van der Waals surface area contributed by atoms with E-state index < -0.39 is 17.8 Å². The molecule has 1 aliphatic rings. The van der Waals surface area contributed by atoms with E-state index in [0.29, 0.717) is 11.1 Å². The summed E-state index contributed by atoms with van der Waals surface area (Å²) in [6, 6.07) is 1.98. The molecule has 2 nitrogen and oxygen atoms in total. The molecule has 0 saturated heterocycles. The molecular weight excluding hydrogens is 212 g/mol. The lowest BCUT2D eigenvalue weighted by Gasteiger charge is -2.10. The van der Waals surface area contributed by atoms with Crippen LogP contribution in [0, 0.1) is 11.3 Å². The lowest BCUT2D eigenvalue weighted by molar-refractivity contribution is 0.115. The minimum atomic E-state index is -0.914. The summed E-state index contributed by atoms with van der Waals surface area (Å²) in [4.78, 5) is 0. The van der Waals surface area contributed by atoms with Gasteiger partial charge in [0.2, 0.25) is 0 Å². The Kier molecular flexibility index (Phi) is 4.39. The average Bonchev–Trinajstić information content (AvgIpc) is 2.31. The van der Waals surface area contributed by atoms with Gasteiger partial charge in [-0.15, -0.1) is 0 Å². The smallest absolute Gasteiger partial charge is 0.157 e. The van der Waals surface area contributed by atoms with Gasteiger partial charge in [-0.1, -0.05) is 0 Å². The van der Waals surface area contributed by atoms with Crippen LogP contribution in [0.4, 0.5) is 8.78 Å². The van der Waals surface area contributed by atoms with Gasteiger partial charge in [0.25, 0.3) is 0 Å². The van der Waals surface area contributed by atoms with Crippen LogP contribution in [0.5, 0.6) is 0 Å². The Balaban J connectivity index is 3.01. The maximum Gasteiger partial charge on any atom is 0.157 e. The first-order valence-electron chi connectivity index (χ1n) is 4.98. The third-order valence-corrected chi connectivity index (χ3v) is 2.36. The predicted octanol–water partition coefficient (Wildman–Crippen LogP) is 3.34. The molecule has 86 valence electrons. The fourth-order valence-corrected chi connectivity index (χ4v) is 1.28. The number of ether oxygens (including phenoxy) is 1. The quantitative estimate of drug-likeness (QED) is 0.592. The highest BCUT2D eigenvalue weighted by molar-refractivity contribution is 5.30. The fourth-order valence-electron chi connectivity index (χ4n) is 1.28. The van der Waals surface area contributed by atoms with Crippen LogP contribution in [-0.2, 0) is 4.74 Å². The molecule has 1 aliphatic heterocycles. The molecule has 0 aromatic heterocycles. The summed E-state index contributed by atoms with van der Waals surface area (Å²) in [7, 11) is 0. The Morgan fingerprint density at radius 2 is 2.19 bits per heavy atom. The first-order valence-corrected chi connectivity index (χ1v) is 4.98. The van der Waals surface area contributed by atoms with Crippen molar-refractivity contribution < 1.29 is 13.5 Å². The van der Waals surface area contributed by atoms with Crippen molar-refractivity contribution >= 4 is 0 Å². The maximum absolute atomic E-state index is 13.2. The van der Waals surface area contributed by atoms with Gasteiger partial charge >= 0.3 is 0 Å². The number of hydrogen-bond donors (Lipinski definition) is 0. The molecule has 4 heteroatoms. The number of hydrogen-bond acceptors (Lipinski definition) is 2. The highest BCUT2D eigenvalue weighted by Gasteiger charge is 2.12. The molecule has 0 spiro atoms. The molecule has 0 aliphatic carbocycles. The Bertz CT molecular complexity index is 402. The van der Waals surface area contributed by atoms with E-state index in [-0.39, 0.29) is 13.0 Å². The van der Waals surface area contributed by atoms with Gasteiger partial charge in [0.1, 0.15) is 0 Å².